The van der Waals surface area contributed by atoms with Crippen LogP contribution in [0.15, 0.2) is 30.7 Å². The second-order valence-electron chi connectivity index (χ2n) is 4.80. The smallest absolute Gasteiger partial charge is 0.251 e. The van der Waals surface area contributed by atoms with Crippen molar-refractivity contribution in [1.29, 1.82) is 0 Å². The fourth-order valence-corrected chi connectivity index (χ4v) is 1.95. The second kappa shape index (κ2) is 5.73. The first kappa shape index (κ1) is 14.0. The zero-order valence-electron chi connectivity index (χ0n) is 11.4. The van der Waals surface area contributed by atoms with E-state index in [-0.39, 0.29) is 5.56 Å². The van der Waals surface area contributed by atoms with Crippen LogP contribution >= 0.6 is 0 Å². The molecule has 1 heterocycles. The van der Waals surface area contributed by atoms with Crippen molar-refractivity contribution in [3.63, 3.8) is 0 Å². The van der Waals surface area contributed by atoms with Gasteiger partial charge in [-0.05, 0) is 32.0 Å². The van der Waals surface area contributed by atoms with Crippen molar-refractivity contribution in [1.82, 2.24) is 9.55 Å². The molecule has 0 unspecified atom stereocenters. The van der Waals surface area contributed by atoms with Crippen LogP contribution in [0.1, 0.15) is 35.9 Å². The lowest BCUT2D eigenvalue weighted by molar-refractivity contribution is 0.0996. The summed E-state index contributed by atoms with van der Waals surface area (Å²) in [7, 11) is 0. The molecule has 1 aromatic carbocycles. The molecular formula is C14H17FN4O. The van der Waals surface area contributed by atoms with Gasteiger partial charge in [-0.1, -0.05) is 0 Å². The number of nitrogens with two attached hydrogens (primary N) is 1. The van der Waals surface area contributed by atoms with Crippen molar-refractivity contribution in [2.24, 2.45) is 5.73 Å². The molecule has 0 aliphatic rings. The molecule has 1 aromatic heterocycles. The monoisotopic (exact) mass is 276 g/mol. The lowest BCUT2D eigenvalue weighted by atomic mass is 10.1. The second-order valence-corrected chi connectivity index (χ2v) is 4.80. The average Bonchev–Trinajstić information content (AvgIpc) is 2.86. The number of anilines is 1. The molecule has 2 aromatic rings. The molecular weight excluding hydrogens is 259 g/mol. The zero-order chi connectivity index (χ0) is 14.7. The number of carbonyl (C=O) groups is 1. The van der Waals surface area contributed by atoms with Crippen LogP contribution in [0.2, 0.25) is 0 Å². The number of nitrogens with one attached hydrogen (secondary N) is 1. The number of hydrogen-bond donors (Lipinski definition) is 2. The molecule has 106 valence electrons. The highest BCUT2D eigenvalue weighted by atomic mass is 19.1. The van der Waals surface area contributed by atoms with Gasteiger partial charge in [0.15, 0.2) is 0 Å². The summed E-state index contributed by atoms with van der Waals surface area (Å²) in [6.45, 7) is 4.66. The number of rotatable bonds is 5. The van der Waals surface area contributed by atoms with E-state index in [0.717, 1.165) is 5.69 Å². The number of aromatic nitrogens is 2. The standard InChI is InChI=1S/C14H17FN4O/c1-9(2)19-8-17-6-11(19)7-18-10-3-4-13(15)12(5-10)14(16)20/h3-6,8-9,18H,7H2,1-2H3,(H2,16,20). The van der Waals surface area contributed by atoms with Crippen molar-refractivity contribution in [3.05, 3.63) is 47.8 Å². The van der Waals surface area contributed by atoms with Gasteiger partial charge in [-0.15, -0.1) is 0 Å². The fraction of sp³-hybridized carbons (Fsp3) is 0.286. The van der Waals surface area contributed by atoms with E-state index >= 15 is 0 Å². The first-order valence-corrected chi connectivity index (χ1v) is 6.33. The molecule has 0 aliphatic heterocycles. The maximum absolute atomic E-state index is 13.4. The first-order chi connectivity index (χ1) is 9.49. The SMILES string of the molecule is CC(C)n1cncc1CNc1ccc(F)c(C(N)=O)c1. The minimum Gasteiger partial charge on any atom is -0.379 e. The molecule has 0 fully saturated rings. The molecule has 5 nitrogen and oxygen atoms in total. The number of halogens is 1. The van der Waals surface area contributed by atoms with Crippen LogP contribution < -0.4 is 11.1 Å². The third kappa shape index (κ3) is 2.96. The topological polar surface area (TPSA) is 72.9 Å². The third-order valence-corrected chi connectivity index (χ3v) is 3.01. The highest BCUT2D eigenvalue weighted by Crippen LogP contribution is 2.16. The van der Waals surface area contributed by atoms with Crippen molar-refractivity contribution in [2.75, 3.05) is 5.32 Å². The number of imidazole rings is 1. The van der Waals surface area contributed by atoms with Crippen LogP contribution in [-0.2, 0) is 6.54 Å². The highest BCUT2D eigenvalue weighted by Gasteiger charge is 2.10. The third-order valence-electron chi connectivity index (χ3n) is 3.01. The Hall–Kier alpha value is -2.37. The highest BCUT2D eigenvalue weighted by molar-refractivity contribution is 5.94. The molecule has 0 saturated carbocycles. The summed E-state index contributed by atoms with van der Waals surface area (Å²) in [5, 5.41) is 3.13. The Morgan fingerprint density at radius 3 is 2.90 bits per heavy atom. The van der Waals surface area contributed by atoms with Gasteiger partial charge in [0, 0.05) is 17.9 Å². The van der Waals surface area contributed by atoms with E-state index in [9.17, 15) is 9.18 Å². The lowest BCUT2D eigenvalue weighted by Gasteiger charge is -2.13. The van der Waals surface area contributed by atoms with E-state index in [1.54, 1.807) is 18.6 Å². The molecule has 20 heavy (non-hydrogen) atoms. The molecule has 0 spiro atoms. The van der Waals surface area contributed by atoms with E-state index in [0.29, 0.717) is 18.3 Å². The van der Waals surface area contributed by atoms with Gasteiger partial charge in [0.05, 0.1) is 24.1 Å². The summed E-state index contributed by atoms with van der Waals surface area (Å²) in [5.74, 6) is -1.39. The van der Waals surface area contributed by atoms with Crippen molar-refractivity contribution >= 4 is 11.6 Å². The van der Waals surface area contributed by atoms with E-state index in [1.165, 1.54) is 12.1 Å². The maximum atomic E-state index is 13.4. The van der Waals surface area contributed by atoms with Gasteiger partial charge in [0.2, 0.25) is 0 Å². The number of hydrogen-bond acceptors (Lipinski definition) is 3. The predicted octanol–water partition coefficient (Wildman–Crippen LogP) is 2.31. The molecule has 1 amide bonds. The Labute approximate surface area is 116 Å². The maximum Gasteiger partial charge on any atom is 0.251 e. The molecule has 0 bridgehead atoms. The lowest BCUT2D eigenvalue weighted by Crippen LogP contribution is -2.14. The first-order valence-electron chi connectivity index (χ1n) is 6.33. The molecule has 0 atom stereocenters. The van der Waals surface area contributed by atoms with E-state index < -0.39 is 11.7 Å². The summed E-state index contributed by atoms with van der Waals surface area (Å²) < 4.78 is 15.4. The van der Waals surface area contributed by atoms with Gasteiger partial charge in [0.1, 0.15) is 5.82 Å². The van der Waals surface area contributed by atoms with Crippen LogP contribution in [0.5, 0.6) is 0 Å². The van der Waals surface area contributed by atoms with Crippen LogP contribution in [-0.4, -0.2) is 15.5 Å². The van der Waals surface area contributed by atoms with Gasteiger partial charge in [-0.25, -0.2) is 9.37 Å². The Morgan fingerprint density at radius 2 is 2.25 bits per heavy atom. The average molecular weight is 276 g/mol. The number of benzene rings is 1. The van der Waals surface area contributed by atoms with Crippen molar-refractivity contribution in [2.45, 2.75) is 26.4 Å². The van der Waals surface area contributed by atoms with Gasteiger partial charge < -0.3 is 15.6 Å². The molecule has 6 heteroatoms. The van der Waals surface area contributed by atoms with E-state index in [1.807, 2.05) is 4.57 Å². The van der Waals surface area contributed by atoms with Crippen LogP contribution in [0.25, 0.3) is 0 Å². The Bertz CT molecular complexity index is 621. The minimum absolute atomic E-state index is 0.118. The minimum atomic E-state index is -0.779. The van der Waals surface area contributed by atoms with Crippen LogP contribution in [0.4, 0.5) is 10.1 Å². The normalized spacial score (nSPS) is 10.8. The molecule has 2 rings (SSSR count). The number of nitrogens with zero attached hydrogens (tertiary/aromatic N) is 2. The number of amides is 1. The quantitative estimate of drug-likeness (QED) is 0.880. The Kier molecular flexibility index (Phi) is 4.02. The van der Waals surface area contributed by atoms with Gasteiger partial charge >= 0.3 is 0 Å². The Morgan fingerprint density at radius 1 is 1.50 bits per heavy atom. The summed E-state index contributed by atoms with van der Waals surface area (Å²) in [6.07, 6.45) is 3.53. The molecule has 0 saturated heterocycles. The molecule has 0 aliphatic carbocycles. The number of carbonyl (C=O) groups excluding carboxylic acids is 1. The summed E-state index contributed by atoms with van der Waals surface area (Å²) in [6, 6.07) is 4.51. The van der Waals surface area contributed by atoms with Gasteiger partial charge in [0.25, 0.3) is 5.91 Å². The van der Waals surface area contributed by atoms with Crippen molar-refractivity contribution < 1.29 is 9.18 Å². The van der Waals surface area contributed by atoms with E-state index in [2.05, 4.69) is 24.1 Å². The summed E-state index contributed by atoms with van der Waals surface area (Å²) in [4.78, 5) is 15.2. The molecule has 3 N–H and O–H groups in total. The zero-order valence-corrected chi connectivity index (χ0v) is 11.4. The number of primary amides is 1. The van der Waals surface area contributed by atoms with Gasteiger partial charge in [-0.2, -0.15) is 0 Å². The predicted molar refractivity (Wildman–Crippen MR) is 74.9 cm³/mol. The van der Waals surface area contributed by atoms with Crippen LogP contribution in [0.3, 0.4) is 0 Å². The summed E-state index contributed by atoms with van der Waals surface area (Å²) in [5.41, 5.74) is 6.64. The fourth-order valence-electron chi connectivity index (χ4n) is 1.95. The molecule has 0 radical (unpaired) electrons. The van der Waals surface area contributed by atoms with Crippen molar-refractivity contribution in [3.8, 4) is 0 Å². The largest absolute Gasteiger partial charge is 0.379 e. The Balaban J connectivity index is 2.13. The van der Waals surface area contributed by atoms with E-state index in [4.69, 9.17) is 5.73 Å². The van der Waals surface area contributed by atoms with Gasteiger partial charge in [-0.3, -0.25) is 4.79 Å². The van der Waals surface area contributed by atoms with Crippen LogP contribution in [0, 0.1) is 5.82 Å². The summed E-state index contributed by atoms with van der Waals surface area (Å²) >= 11 is 0.